The molecule has 0 bridgehead atoms. The topological polar surface area (TPSA) is 35.5 Å². The Kier molecular flexibility index (Phi) is 2.39. The van der Waals surface area contributed by atoms with E-state index in [0.717, 1.165) is 29.1 Å². The summed E-state index contributed by atoms with van der Waals surface area (Å²) in [5, 5.41) is 0. The van der Waals surface area contributed by atoms with E-state index < -0.39 is 0 Å². The third-order valence-corrected chi connectivity index (χ3v) is 3.29. The Labute approximate surface area is 100 Å². The molecule has 3 rings (SSSR count). The molecule has 17 heavy (non-hydrogen) atoms. The van der Waals surface area contributed by atoms with Gasteiger partial charge in [0.2, 0.25) is 6.79 Å². The molecule has 0 fully saturated rings. The third kappa shape index (κ3) is 1.93. The highest BCUT2D eigenvalue weighted by Crippen LogP contribution is 2.38. The number of rotatable bonds is 1. The molecule has 0 spiro atoms. The molecule has 3 heteroatoms. The van der Waals surface area contributed by atoms with Crippen LogP contribution in [-0.4, -0.2) is 12.6 Å². The Bertz CT molecular complexity index is 502. The van der Waals surface area contributed by atoms with Crippen LogP contribution in [0.5, 0.6) is 11.5 Å². The van der Waals surface area contributed by atoms with Crippen LogP contribution in [-0.2, 0) is 4.79 Å². The van der Waals surface area contributed by atoms with Gasteiger partial charge in [-0.2, -0.15) is 0 Å². The number of carbonyl (C=O) groups is 1. The van der Waals surface area contributed by atoms with Crippen molar-refractivity contribution >= 4 is 5.78 Å². The number of ketones is 1. The van der Waals surface area contributed by atoms with Gasteiger partial charge in [0.25, 0.3) is 0 Å². The Morgan fingerprint density at radius 3 is 2.82 bits per heavy atom. The summed E-state index contributed by atoms with van der Waals surface area (Å²) < 4.78 is 10.6. The zero-order valence-electron chi connectivity index (χ0n) is 9.73. The fraction of sp³-hybridized carbons (Fsp3) is 0.357. The zero-order chi connectivity index (χ0) is 11.8. The van der Waals surface area contributed by atoms with Crippen LogP contribution < -0.4 is 9.47 Å². The minimum Gasteiger partial charge on any atom is -0.454 e. The van der Waals surface area contributed by atoms with Gasteiger partial charge in [0.1, 0.15) is 0 Å². The monoisotopic (exact) mass is 230 g/mol. The second-order valence-corrected chi connectivity index (χ2v) is 4.67. The predicted molar refractivity (Wildman–Crippen MR) is 63.3 cm³/mol. The standard InChI is InChI=1S/C14H14O3/c1-9-4-11(6-12(15)5-9)10-2-3-13-14(7-10)17-8-16-13/h2-3,5,7,11H,4,6,8H2,1H3. The number of hydrogen-bond acceptors (Lipinski definition) is 3. The molecule has 3 nitrogen and oxygen atoms in total. The average Bonchev–Trinajstić information content (AvgIpc) is 2.74. The van der Waals surface area contributed by atoms with Crippen LogP contribution in [0.15, 0.2) is 29.8 Å². The normalized spacial score (nSPS) is 22.5. The smallest absolute Gasteiger partial charge is 0.231 e. The molecule has 0 amide bonds. The number of carbonyl (C=O) groups excluding carboxylic acids is 1. The zero-order valence-corrected chi connectivity index (χ0v) is 9.73. The van der Waals surface area contributed by atoms with Crippen molar-refractivity contribution in [3.63, 3.8) is 0 Å². The summed E-state index contributed by atoms with van der Waals surface area (Å²) in [7, 11) is 0. The molecule has 2 aliphatic rings. The van der Waals surface area contributed by atoms with Crippen molar-refractivity contribution in [2.75, 3.05) is 6.79 Å². The van der Waals surface area contributed by atoms with E-state index in [0.29, 0.717) is 13.2 Å². The van der Waals surface area contributed by atoms with Crippen LogP contribution in [0, 0.1) is 0 Å². The molecule has 88 valence electrons. The van der Waals surface area contributed by atoms with Crippen LogP contribution in [0.4, 0.5) is 0 Å². The average molecular weight is 230 g/mol. The predicted octanol–water partition coefficient (Wildman–Crippen LogP) is 2.81. The molecule has 1 aliphatic carbocycles. The van der Waals surface area contributed by atoms with Gasteiger partial charge in [-0.15, -0.1) is 0 Å². The quantitative estimate of drug-likeness (QED) is 0.744. The first-order valence-electron chi connectivity index (χ1n) is 5.82. The van der Waals surface area contributed by atoms with Gasteiger partial charge >= 0.3 is 0 Å². The molecule has 0 N–H and O–H groups in total. The van der Waals surface area contributed by atoms with Gasteiger partial charge < -0.3 is 9.47 Å². The van der Waals surface area contributed by atoms with Gasteiger partial charge in [-0.05, 0) is 43.0 Å². The molecule has 0 aromatic heterocycles. The first-order valence-corrected chi connectivity index (χ1v) is 5.82. The van der Waals surface area contributed by atoms with E-state index in [9.17, 15) is 4.79 Å². The maximum Gasteiger partial charge on any atom is 0.231 e. The SMILES string of the molecule is CC1=CC(=O)CC(c2ccc3c(c2)OCO3)C1. The minimum atomic E-state index is 0.219. The van der Waals surface area contributed by atoms with Crippen molar-refractivity contribution in [1.29, 1.82) is 0 Å². The summed E-state index contributed by atoms with van der Waals surface area (Å²) in [5.41, 5.74) is 2.32. The van der Waals surface area contributed by atoms with Crippen LogP contribution in [0.25, 0.3) is 0 Å². The van der Waals surface area contributed by atoms with Crippen LogP contribution in [0.2, 0.25) is 0 Å². The Morgan fingerprint density at radius 1 is 1.18 bits per heavy atom. The molecule has 1 unspecified atom stereocenters. The summed E-state index contributed by atoms with van der Waals surface area (Å²) in [4.78, 5) is 11.6. The lowest BCUT2D eigenvalue weighted by atomic mass is 9.83. The highest BCUT2D eigenvalue weighted by Gasteiger charge is 2.22. The first-order chi connectivity index (χ1) is 8.22. The fourth-order valence-electron chi connectivity index (χ4n) is 2.50. The van der Waals surface area contributed by atoms with E-state index >= 15 is 0 Å². The highest BCUT2D eigenvalue weighted by atomic mass is 16.7. The molecule has 1 aromatic carbocycles. The van der Waals surface area contributed by atoms with E-state index in [2.05, 4.69) is 0 Å². The molecule has 1 aliphatic heterocycles. The minimum absolute atomic E-state index is 0.219. The Balaban J connectivity index is 1.90. The van der Waals surface area contributed by atoms with Crippen LogP contribution >= 0.6 is 0 Å². The van der Waals surface area contributed by atoms with Gasteiger partial charge in [0.05, 0.1) is 0 Å². The van der Waals surface area contributed by atoms with E-state index in [4.69, 9.17) is 9.47 Å². The lowest BCUT2D eigenvalue weighted by molar-refractivity contribution is -0.115. The van der Waals surface area contributed by atoms with E-state index in [1.165, 1.54) is 0 Å². The van der Waals surface area contributed by atoms with Gasteiger partial charge in [0, 0.05) is 6.42 Å². The molecule has 0 radical (unpaired) electrons. The lowest BCUT2D eigenvalue weighted by Crippen LogP contribution is -2.11. The summed E-state index contributed by atoms with van der Waals surface area (Å²) in [6.07, 6.45) is 3.30. The number of hydrogen-bond donors (Lipinski definition) is 0. The van der Waals surface area contributed by atoms with Crippen molar-refractivity contribution in [1.82, 2.24) is 0 Å². The van der Waals surface area contributed by atoms with Crippen molar-refractivity contribution < 1.29 is 14.3 Å². The van der Waals surface area contributed by atoms with Crippen LogP contribution in [0.1, 0.15) is 31.2 Å². The van der Waals surface area contributed by atoms with Gasteiger partial charge in [-0.25, -0.2) is 0 Å². The van der Waals surface area contributed by atoms with Gasteiger partial charge in [-0.1, -0.05) is 11.6 Å². The summed E-state index contributed by atoms with van der Waals surface area (Å²) >= 11 is 0. The fourth-order valence-corrected chi connectivity index (χ4v) is 2.50. The van der Waals surface area contributed by atoms with Crippen molar-refractivity contribution in [2.45, 2.75) is 25.7 Å². The summed E-state index contributed by atoms with van der Waals surface area (Å²) in [6, 6.07) is 5.96. The molecule has 1 aromatic rings. The maximum absolute atomic E-state index is 11.6. The maximum atomic E-state index is 11.6. The van der Waals surface area contributed by atoms with E-state index in [1.54, 1.807) is 6.08 Å². The van der Waals surface area contributed by atoms with Gasteiger partial charge in [-0.3, -0.25) is 4.79 Å². The number of benzene rings is 1. The first kappa shape index (κ1) is 10.4. The third-order valence-electron chi connectivity index (χ3n) is 3.29. The second-order valence-electron chi connectivity index (χ2n) is 4.67. The van der Waals surface area contributed by atoms with E-state index in [-0.39, 0.29) is 11.7 Å². The van der Waals surface area contributed by atoms with Crippen molar-refractivity contribution in [3.05, 3.63) is 35.4 Å². The Hall–Kier alpha value is -1.77. The number of fused-ring (bicyclic) bond motifs is 1. The largest absolute Gasteiger partial charge is 0.454 e. The molecular weight excluding hydrogens is 216 g/mol. The van der Waals surface area contributed by atoms with Crippen molar-refractivity contribution in [2.24, 2.45) is 0 Å². The summed E-state index contributed by atoms with van der Waals surface area (Å²) in [5.74, 6) is 2.09. The number of allylic oxidation sites excluding steroid dienone is 2. The number of ether oxygens (including phenoxy) is 2. The molecular formula is C14H14O3. The molecule has 0 saturated heterocycles. The summed E-state index contributed by atoms with van der Waals surface area (Å²) in [6.45, 7) is 2.30. The van der Waals surface area contributed by atoms with E-state index in [1.807, 2.05) is 25.1 Å². The van der Waals surface area contributed by atoms with Crippen molar-refractivity contribution in [3.8, 4) is 11.5 Å². The second kappa shape index (κ2) is 3.91. The van der Waals surface area contributed by atoms with Gasteiger partial charge in [0.15, 0.2) is 17.3 Å². The molecule has 0 saturated carbocycles. The lowest BCUT2D eigenvalue weighted by Gasteiger charge is -2.20. The molecule has 1 atom stereocenters. The highest BCUT2D eigenvalue weighted by molar-refractivity contribution is 5.92. The molecule has 1 heterocycles. The Morgan fingerprint density at radius 2 is 2.00 bits per heavy atom. The van der Waals surface area contributed by atoms with Crippen LogP contribution in [0.3, 0.4) is 0 Å².